The van der Waals surface area contributed by atoms with E-state index in [0.29, 0.717) is 17.0 Å². The molecular weight excluding hydrogens is 270 g/mol. The van der Waals surface area contributed by atoms with Crippen LogP contribution in [0.15, 0.2) is 23.4 Å². The molecule has 1 fully saturated rings. The van der Waals surface area contributed by atoms with Gasteiger partial charge in [0.15, 0.2) is 5.65 Å². The molecule has 3 aromatic rings. The Bertz CT molecular complexity index is 832. The zero-order chi connectivity index (χ0) is 14.4. The fourth-order valence-electron chi connectivity index (χ4n) is 2.92. The second-order valence-corrected chi connectivity index (χ2v) is 5.22. The maximum atomic E-state index is 12.2. The fraction of sp³-hybridized carbons (Fsp3) is 0.385. The predicted molar refractivity (Wildman–Crippen MR) is 77.0 cm³/mol. The summed E-state index contributed by atoms with van der Waals surface area (Å²) in [4.78, 5) is 29.2. The first-order chi connectivity index (χ1) is 10.2. The van der Waals surface area contributed by atoms with Crippen molar-refractivity contribution in [2.75, 3.05) is 11.4 Å². The monoisotopic (exact) mass is 285 g/mol. The van der Waals surface area contributed by atoms with Crippen molar-refractivity contribution < 1.29 is 0 Å². The van der Waals surface area contributed by atoms with Gasteiger partial charge in [-0.3, -0.25) is 14.5 Å². The van der Waals surface area contributed by atoms with Gasteiger partial charge in [-0.15, -0.1) is 0 Å². The summed E-state index contributed by atoms with van der Waals surface area (Å²) in [5.74, 6) is 1.48. The fourth-order valence-corrected chi connectivity index (χ4v) is 2.92. The lowest BCUT2D eigenvalue weighted by atomic mass is 10.2. The summed E-state index contributed by atoms with van der Waals surface area (Å²) in [6, 6.07) is 0.119. The van der Waals surface area contributed by atoms with E-state index in [1.807, 2.05) is 6.20 Å². The van der Waals surface area contributed by atoms with Gasteiger partial charge >= 0.3 is 0 Å². The zero-order valence-electron chi connectivity index (χ0n) is 11.6. The van der Waals surface area contributed by atoms with Crippen LogP contribution in [0.25, 0.3) is 11.0 Å². The summed E-state index contributed by atoms with van der Waals surface area (Å²) in [5, 5.41) is 4.60. The summed E-state index contributed by atoms with van der Waals surface area (Å²) in [6.45, 7) is 0.845. The summed E-state index contributed by atoms with van der Waals surface area (Å²) in [5.41, 5.74) is 0.437. The molecule has 4 rings (SSSR count). The predicted octanol–water partition coefficient (Wildman–Crippen LogP) is 0.721. The molecule has 1 aliphatic rings. The maximum Gasteiger partial charge on any atom is 0.263 e. The van der Waals surface area contributed by atoms with Crippen molar-refractivity contribution in [2.24, 2.45) is 7.05 Å². The molecule has 8 nitrogen and oxygen atoms in total. The number of hydrogen-bond donors (Lipinski definition) is 2. The van der Waals surface area contributed by atoms with Crippen molar-refractivity contribution in [2.45, 2.75) is 18.9 Å². The molecule has 108 valence electrons. The molecule has 0 amide bonds. The average molecular weight is 285 g/mol. The van der Waals surface area contributed by atoms with Crippen LogP contribution in [-0.4, -0.2) is 36.3 Å². The van der Waals surface area contributed by atoms with E-state index in [9.17, 15) is 4.79 Å². The van der Waals surface area contributed by atoms with E-state index in [4.69, 9.17) is 0 Å². The molecule has 2 N–H and O–H groups in total. The van der Waals surface area contributed by atoms with Crippen LogP contribution in [0.2, 0.25) is 0 Å². The van der Waals surface area contributed by atoms with Gasteiger partial charge in [-0.05, 0) is 12.8 Å². The molecular formula is C13H15N7O. The number of imidazole rings is 1. The van der Waals surface area contributed by atoms with Gasteiger partial charge in [0.05, 0.1) is 12.2 Å². The summed E-state index contributed by atoms with van der Waals surface area (Å²) >= 11 is 0. The Balaban J connectivity index is 1.82. The molecule has 0 aromatic carbocycles. The molecule has 8 heteroatoms. The highest BCUT2D eigenvalue weighted by Gasteiger charge is 2.30. The van der Waals surface area contributed by atoms with Crippen LogP contribution < -0.4 is 10.5 Å². The van der Waals surface area contributed by atoms with Crippen molar-refractivity contribution in [1.82, 2.24) is 29.7 Å². The van der Waals surface area contributed by atoms with Crippen LogP contribution in [0.3, 0.4) is 0 Å². The lowest BCUT2D eigenvalue weighted by Crippen LogP contribution is -2.27. The quantitative estimate of drug-likeness (QED) is 0.723. The van der Waals surface area contributed by atoms with Gasteiger partial charge in [-0.1, -0.05) is 0 Å². The third-order valence-electron chi connectivity index (χ3n) is 3.95. The van der Waals surface area contributed by atoms with Crippen LogP contribution in [0, 0.1) is 0 Å². The maximum absolute atomic E-state index is 12.2. The standard InChI is InChI=1S/C13H15N7O/c1-19-11-8(7-16-19)12(21)18-13(17-11)20-6-2-3-9(20)10-14-4-5-15-10/h4-5,7,9H,2-3,6H2,1H3,(H,14,15)(H,17,18,21)/t9-/m0/s1. The molecule has 0 unspecified atom stereocenters. The molecule has 0 radical (unpaired) electrons. The van der Waals surface area contributed by atoms with Crippen molar-refractivity contribution in [3.8, 4) is 0 Å². The van der Waals surface area contributed by atoms with Crippen LogP contribution in [0.4, 0.5) is 5.95 Å². The second-order valence-electron chi connectivity index (χ2n) is 5.22. The average Bonchev–Trinajstić information content (AvgIpc) is 3.17. The lowest BCUT2D eigenvalue weighted by molar-refractivity contribution is 0.661. The normalized spacial score (nSPS) is 18.7. The number of fused-ring (bicyclic) bond motifs is 1. The lowest BCUT2D eigenvalue weighted by Gasteiger charge is -2.23. The van der Waals surface area contributed by atoms with E-state index in [1.54, 1.807) is 24.1 Å². The van der Waals surface area contributed by atoms with Crippen molar-refractivity contribution >= 4 is 17.0 Å². The Kier molecular flexibility index (Phi) is 2.56. The highest BCUT2D eigenvalue weighted by molar-refractivity contribution is 5.74. The molecule has 0 bridgehead atoms. The van der Waals surface area contributed by atoms with E-state index in [2.05, 4.69) is 29.9 Å². The summed E-state index contributed by atoms with van der Waals surface area (Å²) < 4.78 is 1.62. The number of aromatic nitrogens is 6. The minimum Gasteiger partial charge on any atom is -0.347 e. The third kappa shape index (κ3) is 1.83. The van der Waals surface area contributed by atoms with Crippen molar-refractivity contribution in [3.63, 3.8) is 0 Å². The number of rotatable bonds is 2. The van der Waals surface area contributed by atoms with Gasteiger partial charge in [0.25, 0.3) is 5.56 Å². The molecule has 0 spiro atoms. The minimum atomic E-state index is -0.159. The Morgan fingerprint density at radius 3 is 3.14 bits per heavy atom. The Labute approximate surface area is 119 Å². The first-order valence-electron chi connectivity index (χ1n) is 6.92. The van der Waals surface area contributed by atoms with Gasteiger partial charge in [0.1, 0.15) is 11.2 Å². The van der Waals surface area contributed by atoms with Gasteiger partial charge in [-0.25, -0.2) is 4.98 Å². The van der Waals surface area contributed by atoms with Gasteiger partial charge in [-0.2, -0.15) is 10.1 Å². The number of hydrogen-bond acceptors (Lipinski definition) is 5. The Morgan fingerprint density at radius 2 is 2.33 bits per heavy atom. The highest BCUT2D eigenvalue weighted by Crippen LogP contribution is 2.32. The van der Waals surface area contributed by atoms with Crippen molar-refractivity contribution in [3.05, 3.63) is 34.8 Å². The van der Waals surface area contributed by atoms with Gasteiger partial charge in [0, 0.05) is 26.0 Å². The number of anilines is 1. The van der Waals surface area contributed by atoms with Crippen LogP contribution in [-0.2, 0) is 7.05 Å². The Morgan fingerprint density at radius 1 is 1.43 bits per heavy atom. The number of nitrogens with one attached hydrogen (secondary N) is 2. The van der Waals surface area contributed by atoms with Crippen LogP contribution >= 0.6 is 0 Å². The molecule has 1 saturated heterocycles. The van der Waals surface area contributed by atoms with Crippen LogP contribution in [0.5, 0.6) is 0 Å². The largest absolute Gasteiger partial charge is 0.347 e. The van der Waals surface area contributed by atoms with Crippen molar-refractivity contribution in [1.29, 1.82) is 0 Å². The molecule has 4 heterocycles. The summed E-state index contributed by atoms with van der Waals surface area (Å²) in [7, 11) is 1.78. The summed E-state index contributed by atoms with van der Waals surface area (Å²) in [6.07, 6.45) is 7.12. The number of nitrogens with zero attached hydrogens (tertiary/aromatic N) is 5. The Hall–Kier alpha value is -2.64. The first kappa shape index (κ1) is 12.1. The minimum absolute atomic E-state index is 0.119. The molecule has 0 aliphatic carbocycles. The van der Waals surface area contributed by atoms with E-state index < -0.39 is 0 Å². The number of H-pyrrole nitrogens is 2. The molecule has 21 heavy (non-hydrogen) atoms. The van der Waals surface area contributed by atoms with Gasteiger partial charge < -0.3 is 9.88 Å². The first-order valence-corrected chi connectivity index (χ1v) is 6.92. The second kappa shape index (κ2) is 4.44. The molecule has 0 saturated carbocycles. The third-order valence-corrected chi connectivity index (χ3v) is 3.95. The zero-order valence-corrected chi connectivity index (χ0v) is 11.6. The number of aromatic amines is 2. The van der Waals surface area contributed by atoms with E-state index in [1.165, 1.54) is 0 Å². The molecule has 3 aromatic heterocycles. The van der Waals surface area contributed by atoms with E-state index >= 15 is 0 Å². The topological polar surface area (TPSA) is 95.5 Å². The molecule has 1 aliphatic heterocycles. The van der Waals surface area contributed by atoms with E-state index in [-0.39, 0.29) is 11.6 Å². The van der Waals surface area contributed by atoms with E-state index in [0.717, 1.165) is 25.2 Å². The van der Waals surface area contributed by atoms with Gasteiger partial charge in [0.2, 0.25) is 5.95 Å². The SMILES string of the molecule is Cn1ncc2c(=O)[nH]c(N3CCC[C@H]3c3ncc[nH]3)nc21. The van der Waals surface area contributed by atoms with Crippen LogP contribution in [0.1, 0.15) is 24.7 Å². The smallest absolute Gasteiger partial charge is 0.263 e. The molecule has 1 atom stereocenters. The highest BCUT2D eigenvalue weighted by atomic mass is 16.1. The number of aryl methyl sites for hydroxylation is 1.